The number of aliphatic hydroxyl groups is 1. The van der Waals surface area contributed by atoms with E-state index in [-0.39, 0.29) is 34.3 Å². The first kappa shape index (κ1) is 15.5. The molecule has 1 aliphatic heterocycles. The fourth-order valence-corrected chi connectivity index (χ4v) is 6.16. The minimum atomic E-state index is -3.89. The van der Waals surface area contributed by atoms with Gasteiger partial charge in [-0.25, -0.2) is 21.6 Å². The number of nitrogens with one attached hydrogen (secondary N) is 1. The van der Waals surface area contributed by atoms with Crippen LogP contribution in [0.3, 0.4) is 0 Å². The lowest BCUT2D eigenvalue weighted by Gasteiger charge is -2.23. The Bertz CT molecular complexity index is 718. The second kappa shape index (κ2) is 4.83. The molecule has 20 heavy (non-hydrogen) atoms. The number of hydrogen-bond acceptors (Lipinski definition) is 6. The number of sulfone groups is 1. The number of rotatable bonds is 4. The van der Waals surface area contributed by atoms with Crippen molar-refractivity contribution < 1.29 is 26.4 Å². The Morgan fingerprint density at radius 1 is 1.50 bits per heavy atom. The topological polar surface area (TPSA) is 114 Å². The van der Waals surface area contributed by atoms with Gasteiger partial charge in [-0.2, -0.15) is 0 Å². The van der Waals surface area contributed by atoms with Crippen molar-refractivity contribution in [3.63, 3.8) is 0 Å². The van der Waals surface area contributed by atoms with Crippen LogP contribution in [0.4, 0.5) is 0 Å². The second-order valence-corrected chi connectivity index (χ2v) is 9.13. The van der Waals surface area contributed by atoms with Gasteiger partial charge in [0.15, 0.2) is 9.84 Å². The van der Waals surface area contributed by atoms with Crippen LogP contribution in [0.15, 0.2) is 15.4 Å². The molecule has 2 N–H and O–H groups in total. The van der Waals surface area contributed by atoms with Crippen LogP contribution in [0.5, 0.6) is 0 Å². The maximum atomic E-state index is 12.3. The Hall–Kier alpha value is -0.900. The normalized spacial score (nSPS) is 25.9. The van der Waals surface area contributed by atoms with E-state index in [1.54, 1.807) is 6.92 Å². The molecule has 1 fully saturated rings. The molecule has 0 radical (unpaired) electrons. The Balaban J connectivity index is 2.30. The van der Waals surface area contributed by atoms with Gasteiger partial charge in [-0.1, -0.05) is 0 Å². The third-order valence-corrected chi connectivity index (χ3v) is 6.90. The molecule has 2 rings (SSSR count). The summed E-state index contributed by atoms with van der Waals surface area (Å²) in [4.78, 5) is -0.0768. The van der Waals surface area contributed by atoms with E-state index in [0.29, 0.717) is 0 Å². The maximum Gasteiger partial charge on any atom is 0.244 e. The molecule has 0 amide bonds. The Morgan fingerprint density at radius 3 is 2.60 bits per heavy atom. The summed E-state index contributed by atoms with van der Waals surface area (Å²) in [6.07, 6.45) is 0.234. The first-order chi connectivity index (χ1) is 9.07. The smallest absolute Gasteiger partial charge is 0.244 e. The number of furan rings is 1. The fourth-order valence-electron chi connectivity index (χ4n) is 2.34. The molecular weight excluding hydrogens is 306 g/mol. The highest BCUT2D eigenvalue weighted by molar-refractivity contribution is 7.92. The van der Waals surface area contributed by atoms with E-state index < -0.39 is 32.0 Å². The van der Waals surface area contributed by atoms with Crippen molar-refractivity contribution in [3.05, 3.63) is 17.6 Å². The Kier molecular flexibility index (Phi) is 3.74. The summed E-state index contributed by atoms with van der Waals surface area (Å²) in [7, 11) is -7.10. The molecule has 0 aliphatic carbocycles. The highest BCUT2D eigenvalue weighted by atomic mass is 32.2. The van der Waals surface area contributed by atoms with Crippen molar-refractivity contribution in [1.29, 1.82) is 0 Å². The molecule has 0 aromatic carbocycles. The van der Waals surface area contributed by atoms with Crippen molar-refractivity contribution in [2.24, 2.45) is 0 Å². The van der Waals surface area contributed by atoms with E-state index in [2.05, 4.69) is 4.72 Å². The minimum Gasteiger partial charge on any atom is -0.462 e. The quantitative estimate of drug-likeness (QED) is 0.802. The summed E-state index contributed by atoms with van der Waals surface area (Å²) < 4.78 is 55.1. The van der Waals surface area contributed by atoms with Crippen molar-refractivity contribution in [2.45, 2.75) is 37.3 Å². The van der Waals surface area contributed by atoms with Crippen LogP contribution in [0.1, 0.15) is 24.9 Å². The molecule has 1 aromatic rings. The van der Waals surface area contributed by atoms with E-state index in [0.717, 1.165) is 0 Å². The Morgan fingerprint density at radius 2 is 2.15 bits per heavy atom. The predicted octanol–water partition coefficient (Wildman–Crippen LogP) is -0.0642. The molecule has 0 bridgehead atoms. The van der Waals surface area contributed by atoms with E-state index in [4.69, 9.17) is 9.52 Å². The SMILES string of the molecule is Cc1oc(CO)cc1S(=O)(=O)NC1(C)CCS(=O)(=O)C1. The molecule has 1 unspecified atom stereocenters. The molecule has 1 aromatic heterocycles. The zero-order chi connectivity index (χ0) is 15.2. The standard InChI is InChI=1S/C11H17NO6S2/c1-8-10(5-9(6-13)18-8)20(16,17)12-11(2)3-4-19(14,15)7-11/h5,12-13H,3-4,6-7H2,1-2H3. The molecule has 114 valence electrons. The second-order valence-electron chi connectivity index (χ2n) is 5.30. The van der Waals surface area contributed by atoms with E-state index in [1.807, 2.05) is 0 Å². The maximum absolute atomic E-state index is 12.3. The number of aryl methyl sites for hydroxylation is 1. The summed E-state index contributed by atoms with van der Waals surface area (Å²) in [5.74, 6) is 0.0550. The third-order valence-electron chi connectivity index (χ3n) is 3.25. The molecule has 9 heteroatoms. The third kappa shape index (κ3) is 3.05. The average Bonchev–Trinajstić information content (AvgIpc) is 2.79. The van der Waals surface area contributed by atoms with Crippen LogP contribution in [0.2, 0.25) is 0 Å². The van der Waals surface area contributed by atoms with Crippen LogP contribution >= 0.6 is 0 Å². The lowest BCUT2D eigenvalue weighted by Crippen LogP contribution is -2.46. The summed E-state index contributed by atoms with van der Waals surface area (Å²) in [6, 6.07) is 1.24. The lowest BCUT2D eigenvalue weighted by atomic mass is 10.0. The summed E-state index contributed by atoms with van der Waals surface area (Å²) in [5, 5.41) is 8.96. The van der Waals surface area contributed by atoms with Crippen molar-refractivity contribution >= 4 is 19.9 Å². The van der Waals surface area contributed by atoms with Gasteiger partial charge in [0.1, 0.15) is 23.0 Å². The van der Waals surface area contributed by atoms with E-state index in [9.17, 15) is 16.8 Å². The van der Waals surface area contributed by atoms with Crippen LogP contribution < -0.4 is 4.72 Å². The van der Waals surface area contributed by atoms with E-state index in [1.165, 1.54) is 13.0 Å². The largest absolute Gasteiger partial charge is 0.462 e. The van der Waals surface area contributed by atoms with Gasteiger partial charge in [0.2, 0.25) is 10.0 Å². The van der Waals surface area contributed by atoms with E-state index >= 15 is 0 Å². The van der Waals surface area contributed by atoms with Gasteiger partial charge in [-0.3, -0.25) is 0 Å². The molecule has 1 aliphatic rings. The van der Waals surface area contributed by atoms with Crippen LogP contribution in [0.25, 0.3) is 0 Å². The molecule has 1 saturated heterocycles. The number of sulfonamides is 1. The minimum absolute atomic E-state index is 0.0295. The number of aliphatic hydroxyl groups excluding tert-OH is 1. The van der Waals surface area contributed by atoms with Crippen molar-refractivity contribution in [3.8, 4) is 0 Å². The molecule has 0 spiro atoms. The molecule has 0 saturated carbocycles. The first-order valence-corrected chi connectivity index (χ1v) is 9.32. The molecule has 1 atom stereocenters. The number of hydrogen-bond donors (Lipinski definition) is 2. The zero-order valence-corrected chi connectivity index (χ0v) is 12.8. The van der Waals surface area contributed by atoms with Gasteiger partial charge >= 0.3 is 0 Å². The van der Waals surface area contributed by atoms with Gasteiger partial charge in [0.05, 0.1) is 11.5 Å². The fraction of sp³-hybridized carbons (Fsp3) is 0.636. The van der Waals surface area contributed by atoms with Crippen molar-refractivity contribution in [1.82, 2.24) is 4.72 Å². The summed E-state index contributed by atoms with van der Waals surface area (Å²) in [6.45, 7) is 2.64. The average molecular weight is 323 g/mol. The monoisotopic (exact) mass is 323 g/mol. The van der Waals surface area contributed by atoms with Gasteiger partial charge in [-0.05, 0) is 20.3 Å². The van der Waals surface area contributed by atoms with Gasteiger partial charge in [0, 0.05) is 11.6 Å². The van der Waals surface area contributed by atoms with Crippen LogP contribution in [-0.2, 0) is 26.5 Å². The van der Waals surface area contributed by atoms with Crippen LogP contribution in [-0.4, -0.2) is 39.0 Å². The highest BCUT2D eigenvalue weighted by Gasteiger charge is 2.42. The lowest BCUT2D eigenvalue weighted by molar-refractivity contribution is 0.244. The van der Waals surface area contributed by atoms with Gasteiger partial charge < -0.3 is 9.52 Å². The molecular formula is C11H17NO6S2. The Labute approximate surface area is 118 Å². The first-order valence-electron chi connectivity index (χ1n) is 6.01. The predicted molar refractivity (Wildman–Crippen MR) is 71.4 cm³/mol. The molecule has 7 nitrogen and oxygen atoms in total. The highest BCUT2D eigenvalue weighted by Crippen LogP contribution is 2.27. The molecule has 2 heterocycles. The summed E-state index contributed by atoms with van der Waals surface area (Å²) in [5.41, 5.74) is -1.01. The van der Waals surface area contributed by atoms with Crippen LogP contribution in [0, 0.1) is 6.92 Å². The van der Waals surface area contributed by atoms with Gasteiger partial charge in [-0.15, -0.1) is 0 Å². The van der Waals surface area contributed by atoms with Crippen molar-refractivity contribution in [2.75, 3.05) is 11.5 Å². The summed E-state index contributed by atoms with van der Waals surface area (Å²) >= 11 is 0. The van der Waals surface area contributed by atoms with Gasteiger partial charge in [0.25, 0.3) is 0 Å². The zero-order valence-electron chi connectivity index (χ0n) is 11.2.